The van der Waals surface area contributed by atoms with E-state index in [9.17, 15) is 13.6 Å². The molecule has 162 valence electrons. The quantitative estimate of drug-likeness (QED) is 0.829. The van der Waals surface area contributed by atoms with E-state index in [4.69, 9.17) is 0 Å². The number of aromatic nitrogens is 2. The minimum Gasteiger partial charge on any atom is -0.367 e. The number of hydrogen-bond donors (Lipinski definition) is 1. The van der Waals surface area contributed by atoms with Crippen LogP contribution >= 0.6 is 0 Å². The first kappa shape index (κ1) is 20.6. The average Bonchev–Trinajstić information content (AvgIpc) is 3.12. The Balaban J connectivity index is 1.43. The van der Waals surface area contributed by atoms with Gasteiger partial charge in [0.05, 0.1) is 11.7 Å². The number of piperidine rings is 2. The first-order valence-electron chi connectivity index (χ1n) is 11.1. The van der Waals surface area contributed by atoms with Gasteiger partial charge in [0.2, 0.25) is 5.91 Å². The molecule has 0 aliphatic carbocycles. The summed E-state index contributed by atoms with van der Waals surface area (Å²) in [5, 5.41) is 7.70. The van der Waals surface area contributed by atoms with E-state index in [0.717, 1.165) is 51.0 Å². The summed E-state index contributed by atoms with van der Waals surface area (Å²) in [5.74, 6) is 1.05. The molecule has 1 aromatic rings. The third-order valence-corrected chi connectivity index (χ3v) is 6.93. The number of likely N-dealkylation sites (tertiary alicyclic amines) is 2. The molecule has 1 amide bonds. The van der Waals surface area contributed by atoms with Crippen LogP contribution in [0.1, 0.15) is 57.2 Å². The lowest BCUT2D eigenvalue weighted by molar-refractivity contribution is -0.138. The molecule has 4 rings (SSSR count). The Hall–Kier alpha value is -1.70. The summed E-state index contributed by atoms with van der Waals surface area (Å²) < 4.78 is 28.9. The number of nitrogens with zero attached hydrogens (tertiary/aromatic N) is 4. The minimum atomic E-state index is -2.45. The highest BCUT2D eigenvalue weighted by Crippen LogP contribution is 2.36. The van der Waals surface area contributed by atoms with Crippen molar-refractivity contribution in [3.63, 3.8) is 0 Å². The van der Waals surface area contributed by atoms with Gasteiger partial charge in [-0.25, -0.2) is 13.5 Å². The fourth-order valence-corrected chi connectivity index (χ4v) is 5.27. The zero-order chi connectivity index (χ0) is 20.5. The van der Waals surface area contributed by atoms with E-state index in [2.05, 4.69) is 15.3 Å². The molecule has 0 saturated carbocycles. The summed E-state index contributed by atoms with van der Waals surface area (Å²) in [6.07, 6.45) is 3.36. The van der Waals surface area contributed by atoms with Gasteiger partial charge in [-0.05, 0) is 65.0 Å². The largest absolute Gasteiger partial charge is 0.367 e. The van der Waals surface area contributed by atoms with Crippen molar-refractivity contribution < 1.29 is 13.6 Å². The van der Waals surface area contributed by atoms with Crippen molar-refractivity contribution in [2.24, 2.45) is 5.92 Å². The standard InChI is InChI=1S/C21H33F2N5O/c1-14-11-19-24-17(12-18(20(22)23)28(19)25-14)16-7-6-10-27(13-16)21(29)15(2)26-8-4-3-5-9-26/h11,15-18,20,24H,3-10,12-13H2,1-2H3/t15-,16+,17-,18+/m0/s1. The van der Waals surface area contributed by atoms with Crippen LogP contribution in [0.15, 0.2) is 6.07 Å². The number of rotatable bonds is 4. The normalized spacial score (nSPS) is 29.4. The van der Waals surface area contributed by atoms with Gasteiger partial charge in [0.1, 0.15) is 11.9 Å². The van der Waals surface area contributed by atoms with Gasteiger partial charge >= 0.3 is 0 Å². The molecular formula is C21H33F2N5O. The zero-order valence-electron chi connectivity index (χ0n) is 17.5. The number of aryl methyl sites for hydroxylation is 1. The molecule has 8 heteroatoms. The summed E-state index contributed by atoms with van der Waals surface area (Å²) in [6.45, 7) is 7.26. The van der Waals surface area contributed by atoms with E-state index in [0.29, 0.717) is 18.8 Å². The predicted molar refractivity (Wildman–Crippen MR) is 108 cm³/mol. The molecule has 1 aromatic heterocycles. The van der Waals surface area contributed by atoms with E-state index in [-0.39, 0.29) is 23.9 Å². The van der Waals surface area contributed by atoms with Crippen molar-refractivity contribution in [1.82, 2.24) is 19.6 Å². The summed E-state index contributed by atoms with van der Waals surface area (Å²) in [5.41, 5.74) is 0.745. The maximum atomic E-state index is 13.7. The third kappa shape index (κ3) is 4.27. The predicted octanol–water partition coefficient (Wildman–Crippen LogP) is 3.29. The first-order valence-corrected chi connectivity index (χ1v) is 11.1. The Morgan fingerprint density at radius 2 is 1.97 bits per heavy atom. The highest BCUT2D eigenvalue weighted by molar-refractivity contribution is 5.81. The Labute approximate surface area is 171 Å². The lowest BCUT2D eigenvalue weighted by Gasteiger charge is -2.42. The van der Waals surface area contributed by atoms with Crippen molar-refractivity contribution >= 4 is 11.7 Å². The van der Waals surface area contributed by atoms with E-state index >= 15 is 0 Å². The fraction of sp³-hybridized carbons (Fsp3) is 0.810. The van der Waals surface area contributed by atoms with Crippen LogP contribution in [-0.2, 0) is 4.79 Å². The second-order valence-electron chi connectivity index (χ2n) is 8.96. The molecule has 6 nitrogen and oxygen atoms in total. The number of alkyl halides is 2. The van der Waals surface area contributed by atoms with Crippen LogP contribution < -0.4 is 5.32 Å². The van der Waals surface area contributed by atoms with Crippen molar-refractivity contribution in [3.8, 4) is 0 Å². The Morgan fingerprint density at radius 3 is 2.69 bits per heavy atom. The van der Waals surface area contributed by atoms with Crippen molar-refractivity contribution in [3.05, 3.63) is 11.8 Å². The van der Waals surface area contributed by atoms with Gasteiger partial charge in [-0.15, -0.1) is 0 Å². The van der Waals surface area contributed by atoms with Crippen molar-refractivity contribution in [1.29, 1.82) is 0 Å². The minimum absolute atomic E-state index is 0.0570. The molecule has 0 radical (unpaired) electrons. The third-order valence-electron chi connectivity index (χ3n) is 6.93. The van der Waals surface area contributed by atoms with Crippen LogP contribution in [-0.4, -0.2) is 70.2 Å². The maximum absolute atomic E-state index is 13.7. The molecule has 0 aromatic carbocycles. The fourth-order valence-electron chi connectivity index (χ4n) is 5.27. The Bertz CT molecular complexity index is 718. The molecule has 4 heterocycles. The molecule has 3 aliphatic heterocycles. The molecule has 0 unspecified atom stereocenters. The number of nitrogens with one attached hydrogen (secondary N) is 1. The van der Waals surface area contributed by atoms with E-state index in [1.807, 2.05) is 24.8 Å². The van der Waals surface area contributed by atoms with E-state index in [1.165, 1.54) is 11.1 Å². The number of amides is 1. The average molecular weight is 410 g/mol. The molecule has 3 aliphatic rings. The highest BCUT2D eigenvalue weighted by atomic mass is 19.3. The van der Waals surface area contributed by atoms with Gasteiger partial charge in [-0.2, -0.15) is 5.10 Å². The van der Waals surface area contributed by atoms with Gasteiger partial charge in [-0.1, -0.05) is 6.42 Å². The monoisotopic (exact) mass is 409 g/mol. The number of halogens is 2. The number of carbonyl (C=O) groups is 1. The van der Waals surface area contributed by atoms with E-state index in [1.54, 1.807) is 0 Å². The molecule has 0 spiro atoms. The molecule has 4 atom stereocenters. The van der Waals surface area contributed by atoms with Crippen LogP contribution in [0.4, 0.5) is 14.6 Å². The topological polar surface area (TPSA) is 53.4 Å². The summed E-state index contributed by atoms with van der Waals surface area (Å²) in [7, 11) is 0. The second kappa shape index (κ2) is 8.58. The molecule has 2 saturated heterocycles. The van der Waals surface area contributed by atoms with Gasteiger partial charge < -0.3 is 10.2 Å². The van der Waals surface area contributed by atoms with Crippen LogP contribution in [0.2, 0.25) is 0 Å². The lowest BCUT2D eigenvalue weighted by Crippen LogP contribution is -2.53. The van der Waals surface area contributed by atoms with Crippen LogP contribution in [0.5, 0.6) is 0 Å². The summed E-state index contributed by atoms with van der Waals surface area (Å²) in [4.78, 5) is 17.4. The number of fused-ring (bicyclic) bond motifs is 1. The first-order chi connectivity index (χ1) is 13.9. The van der Waals surface area contributed by atoms with Crippen molar-refractivity contribution in [2.75, 3.05) is 31.5 Å². The van der Waals surface area contributed by atoms with Gasteiger partial charge in [-0.3, -0.25) is 9.69 Å². The molecule has 29 heavy (non-hydrogen) atoms. The smallest absolute Gasteiger partial charge is 0.260 e. The summed E-state index contributed by atoms with van der Waals surface area (Å²) in [6, 6.07) is 0.791. The lowest BCUT2D eigenvalue weighted by atomic mass is 9.85. The van der Waals surface area contributed by atoms with Crippen LogP contribution in [0.25, 0.3) is 0 Å². The Kier molecular flexibility index (Phi) is 6.08. The van der Waals surface area contributed by atoms with Gasteiger partial charge in [0, 0.05) is 25.2 Å². The number of carbonyl (C=O) groups excluding carboxylic acids is 1. The summed E-state index contributed by atoms with van der Waals surface area (Å²) >= 11 is 0. The Morgan fingerprint density at radius 1 is 1.21 bits per heavy atom. The second-order valence-corrected chi connectivity index (χ2v) is 8.96. The van der Waals surface area contributed by atoms with Gasteiger partial charge in [0.15, 0.2) is 0 Å². The highest BCUT2D eigenvalue weighted by Gasteiger charge is 2.39. The number of anilines is 1. The van der Waals surface area contributed by atoms with Crippen molar-refractivity contribution in [2.45, 2.75) is 76.9 Å². The van der Waals surface area contributed by atoms with E-state index < -0.39 is 12.5 Å². The van der Waals surface area contributed by atoms with Crippen LogP contribution in [0, 0.1) is 12.8 Å². The number of hydrogen-bond acceptors (Lipinski definition) is 4. The van der Waals surface area contributed by atoms with Crippen LogP contribution in [0.3, 0.4) is 0 Å². The molecule has 0 bridgehead atoms. The SMILES string of the molecule is Cc1cc2n(n1)[C@@H](C(F)F)C[C@@H]([C@@H]1CCCN(C(=O)[C@H](C)N3CCCCC3)C1)N2. The van der Waals surface area contributed by atoms with Gasteiger partial charge in [0.25, 0.3) is 6.43 Å². The molecular weight excluding hydrogens is 376 g/mol. The maximum Gasteiger partial charge on any atom is 0.260 e. The molecule has 1 N–H and O–H groups in total. The molecule has 2 fully saturated rings. The zero-order valence-corrected chi connectivity index (χ0v) is 17.5.